The Morgan fingerprint density at radius 1 is 1.12 bits per heavy atom. The molecule has 0 bridgehead atoms. The Labute approximate surface area is 144 Å². The van der Waals surface area contributed by atoms with E-state index in [9.17, 15) is 13.2 Å². The molecule has 25 heavy (non-hydrogen) atoms. The van der Waals surface area contributed by atoms with Gasteiger partial charge in [-0.3, -0.25) is 0 Å². The number of imidazole rings is 1. The molecule has 132 valence electrons. The van der Waals surface area contributed by atoms with Crippen LogP contribution in [0.3, 0.4) is 0 Å². The summed E-state index contributed by atoms with van der Waals surface area (Å²) < 4.78 is 46.1. The van der Waals surface area contributed by atoms with Crippen molar-refractivity contribution < 1.29 is 17.9 Å². The summed E-state index contributed by atoms with van der Waals surface area (Å²) in [5, 5.41) is 0. The smallest absolute Gasteiger partial charge is 0.385 e. The lowest BCUT2D eigenvalue weighted by Gasteiger charge is -2.11. The number of rotatable bonds is 5. The van der Waals surface area contributed by atoms with E-state index in [2.05, 4.69) is 4.98 Å². The summed E-state index contributed by atoms with van der Waals surface area (Å²) in [7, 11) is 1.63. The maximum absolute atomic E-state index is 13.0. The molecule has 0 saturated carbocycles. The first kappa shape index (κ1) is 17.5. The highest BCUT2D eigenvalue weighted by Gasteiger charge is 2.31. The topological polar surface area (TPSA) is 27.1 Å². The Bertz CT molecular complexity index is 884. The van der Waals surface area contributed by atoms with Gasteiger partial charge < -0.3 is 9.30 Å². The van der Waals surface area contributed by atoms with Gasteiger partial charge in [0.05, 0.1) is 16.6 Å². The Morgan fingerprint density at radius 2 is 1.88 bits per heavy atom. The highest BCUT2D eigenvalue weighted by Crippen LogP contribution is 2.33. The van der Waals surface area contributed by atoms with Gasteiger partial charge >= 0.3 is 6.18 Å². The second-order valence-corrected chi connectivity index (χ2v) is 5.95. The average Bonchev–Trinajstić information content (AvgIpc) is 2.92. The van der Waals surface area contributed by atoms with Gasteiger partial charge in [0.25, 0.3) is 0 Å². The molecule has 0 aliphatic rings. The summed E-state index contributed by atoms with van der Waals surface area (Å²) in [5.41, 5.74) is 2.32. The number of hydrogen-bond donors (Lipinski definition) is 0. The molecule has 0 atom stereocenters. The van der Waals surface area contributed by atoms with Gasteiger partial charge in [-0.25, -0.2) is 4.98 Å². The van der Waals surface area contributed by atoms with Crippen molar-refractivity contribution in [3.8, 4) is 11.4 Å². The summed E-state index contributed by atoms with van der Waals surface area (Å²) in [6.07, 6.45) is -3.63. The van der Waals surface area contributed by atoms with E-state index in [1.54, 1.807) is 7.11 Å². The number of benzene rings is 2. The maximum atomic E-state index is 13.0. The first-order valence-electron chi connectivity index (χ1n) is 8.04. The molecular weight excluding hydrogens is 329 g/mol. The number of ether oxygens (including phenoxy) is 1. The van der Waals surface area contributed by atoms with E-state index < -0.39 is 11.7 Å². The number of halogens is 3. The minimum atomic E-state index is -4.38. The minimum absolute atomic E-state index is 0.352. The Balaban J connectivity index is 2.16. The van der Waals surface area contributed by atoms with Crippen LogP contribution in [0.15, 0.2) is 42.5 Å². The molecule has 3 nitrogen and oxygen atoms in total. The zero-order chi connectivity index (χ0) is 18.0. The van der Waals surface area contributed by atoms with Gasteiger partial charge in [-0.05, 0) is 37.1 Å². The van der Waals surface area contributed by atoms with Crippen LogP contribution in [0, 0.1) is 6.92 Å². The van der Waals surface area contributed by atoms with E-state index in [0.29, 0.717) is 30.0 Å². The van der Waals surface area contributed by atoms with Crippen LogP contribution in [0.5, 0.6) is 0 Å². The standard InChI is InChI=1S/C19H19F3N2O/c1-13-6-3-4-7-15(13)18-23-16-12-14(19(20,21)22)8-9-17(16)24(18)10-5-11-25-2/h3-4,6-9,12H,5,10-11H2,1-2H3. The van der Waals surface area contributed by atoms with Crippen molar-refractivity contribution in [1.82, 2.24) is 9.55 Å². The highest BCUT2D eigenvalue weighted by molar-refractivity contribution is 5.82. The van der Waals surface area contributed by atoms with Gasteiger partial charge in [-0.15, -0.1) is 0 Å². The zero-order valence-electron chi connectivity index (χ0n) is 14.1. The van der Waals surface area contributed by atoms with E-state index in [-0.39, 0.29) is 0 Å². The molecule has 0 unspecified atom stereocenters. The van der Waals surface area contributed by atoms with Gasteiger partial charge in [0.2, 0.25) is 0 Å². The van der Waals surface area contributed by atoms with Crippen LogP contribution in [-0.4, -0.2) is 23.3 Å². The van der Waals surface area contributed by atoms with Crippen LogP contribution in [-0.2, 0) is 17.5 Å². The molecule has 0 amide bonds. The average molecular weight is 348 g/mol. The fourth-order valence-electron chi connectivity index (χ4n) is 2.93. The molecule has 2 aromatic carbocycles. The van der Waals surface area contributed by atoms with Crippen molar-refractivity contribution in [3.05, 3.63) is 53.6 Å². The molecule has 1 heterocycles. The third-order valence-corrected chi connectivity index (χ3v) is 4.19. The molecule has 0 radical (unpaired) electrons. The molecule has 0 spiro atoms. The largest absolute Gasteiger partial charge is 0.416 e. The predicted octanol–water partition coefficient (Wildman–Crippen LogP) is 5.07. The molecular formula is C19H19F3N2O. The zero-order valence-corrected chi connectivity index (χ0v) is 14.1. The van der Waals surface area contributed by atoms with Gasteiger partial charge in [0.1, 0.15) is 5.82 Å². The summed E-state index contributed by atoms with van der Waals surface area (Å²) in [4.78, 5) is 4.52. The number of aromatic nitrogens is 2. The Morgan fingerprint density at radius 3 is 2.56 bits per heavy atom. The van der Waals surface area contributed by atoms with Gasteiger partial charge in [-0.2, -0.15) is 13.2 Å². The molecule has 6 heteroatoms. The monoisotopic (exact) mass is 348 g/mol. The Kier molecular flexibility index (Phi) is 4.81. The second kappa shape index (κ2) is 6.88. The minimum Gasteiger partial charge on any atom is -0.385 e. The lowest BCUT2D eigenvalue weighted by Crippen LogP contribution is -2.05. The van der Waals surface area contributed by atoms with Gasteiger partial charge in [-0.1, -0.05) is 24.3 Å². The molecule has 0 fully saturated rings. The number of hydrogen-bond acceptors (Lipinski definition) is 2. The Hall–Kier alpha value is -2.34. The quantitative estimate of drug-likeness (QED) is 0.602. The summed E-state index contributed by atoms with van der Waals surface area (Å²) in [5.74, 6) is 0.684. The summed E-state index contributed by atoms with van der Waals surface area (Å²) >= 11 is 0. The van der Waals surface area contributed by atoms with Gasteiger partial charge in [0, 0.05) is 25.8 Å². The number of methoxy groups -OCH3 is 1. The SMILES string of the molecule is COCCCn1c(-c2ccccc2C)nc2cc(C(F)(F)F)ccc21. The fraction of sp³-hybridized carbons (Fsp3) is 0.316. The van der Waals surface area contributed by atoms with Crippen LogP contribution in [0.2, 0.25) is 0 Å². The maximum Gasteiger partial charge on any atom is 0.416 e. The summed E-state index contributed by atoms with van der Waals surface area (Å²) in [6.45, 7) is 3.17. The van der Waals surface area contributed by atoms with Crippen LogP contribution >= 0.6 is 0 Å². The van der Waals surface area contributed by atoms with Crippen molar-refractivity contribution in [2.75, 3.05) is 13.7 Å². The normalized spacial score (nSPS) is 12.0. The van der Waals surface area contributed by atoms with Crippen molar-refractivity contribution in [2.24, 2.45) is 0 Å². The first-order chi connectivity index (χ1) is 11.9. The van der Waals surface area contributed by atoms with Crippen molar-refractivity contribution in [2.45, 2.75) is 26.1 Å². The third kappa shape index (κ3) is 3.54. The number of aryl methyl sites for hydroxylation is 2. The van der Waals surface area contributed by atoms with Crippen LogP contribution in [0.4, 0.5) is 13.2 Å². The molecule has 0 aliphatic carbocycles. The molecule has 3 rings (SSSR count). The molecule has 0 N–H and O–H groups in total. The molecule has 3 aromatic rings. The van der Waals surface area contributed by atoms with E-state index in [1.165, 1.54) is 6.07 Å². The van der Waals surface area contributed by atoms with Crippen LogP contribution in [0.25, 0.3) is 22.4 Å². The molecule has 0 saturated heterocycles. The summed E-state index contributed by atoms with van der Waals surface area (Å²) in [6, 6.07) is 11.5. The van der Waals surface area contributed by atoms with Crippen molar-refractivity contribution in [3.63, 3.8) is 0 Å². The molecule has 1 aromatic heterocycles. The van der Waals surface area contributed by atoms with Crippen LogP contribution < -0.4 is 0 Å². The van der Waals surface area contributed by atoms with E-state index in [4.69, 9.17) is 4.74 Å². The lowest BCUT2D eigenvalue weighted by molar-refractivity contribution is -0.137. The fourth-order valence-corrected chi connectivity index (χ4v) is 2.93. The van der Waals surface area contributed by atoms with E-state index in [0.717, 1.165) is 29.7 Å². The van der Waals surface area contributed by atoms with Crippen LogP contribution in [0.1, 0.15) is 17.5 Å². The lowest BCUT2D eigenvalue weighted by atomic mass is 10.1. The third-order valence-electron chi connectivity index (χ3n) is 4.19. The number of fused-ring (bicyclic) bond motifs is 1. The van der Waals surface area contributed by atoms with E-state index in [1.807, 2.05) is 35.8 Å². The highest BCUT2D eigenvalue weighted by atomic mass is 19.4. The van der Waals surface area contributed by atoms with E-state index >= 15 is 0 Å². The number of alkyl halides is 3. The van der Waals surface area contributed by atoms with Crippen molar-refractivity contribution in [1.29, 1.82) is 0 Å². The second-order valence-electron chi connectivity index (χ2n) is 5.95. The van der Waals surface area contributed by atoms with Crippen molar-refractivity contribution >= 4 is 11.0 Å². The van der Waals surface area contributed by atoms with Gasteiger partial charge in [0.15, 0.2) is 0 Å². The predicted molar refractivity (Wildman–Crippen MR) is 91.4 cm³/mol. The number of nitrogens with zero attached hydrogens (tertiary/aromatic N) is 2. The first-order valence-corrected chi connectivity index (χ1v) is 8.04. The molecule has 0 aliphatic heterocycles.